The fourth-order valence-corrected chi connectivity index (χ4v) is 3.81. The Labute approximate surface area is 130 Å². The average molecular weight is 341 g/mol. The first kappa shape index (κ1) is 15.8. The number of aliphatic hydroxyl groups is 1. The van der Waals surface area contributed by atoms with Gasteiger partial charge in [-0.1, -0.05) is 43.6 Å². The summed E-state index contributed by atoms with van der Waals surface area (Å²) < 4.78 is 7.37. The Morgan fingerprint density at radius 3 is 2.40 bits per heavy atom. The fourth-order valence-electron chi connectivity index (χ4n) is 3.43. The first-order chi connectivity index (χ1) is 9.31. The van der Waals surface area contributed by atoms with Gasteiger partial charge in [0, 0.05) is 16.5 Å². The van der Waals surface area contributed by atoms with Crippen LogP contribution < -0.4 is 4.74 Å². The van der Waals surface area contributed by atoms with E-state index in [0.29, 0.717) is 18.3 Å². The van der Waals surface area contributed by atoms with Crippen molar-refractivity contribution in [1.29, 1.82) is 0 Å². The lowest BCUT2D eigenvalue weighted by Gasteiger charge is -2.43. The molecule has 1 aliphatic rings. The zero-order chi connectivity index (χ0) is 14.9. The number of aliphatic hydroxyl groups excluding tert-OH is 1. The first-order valence-corrected chi connectivity index (χ1v) is 8.27. The van der Waals surface area contributed by atoms with E-state index in [2.05, 4.69) is 43.6 Å². The van der Waals surface area contributed by atoms with Gasteiger partial charge >= 0.3 is 0 Å². The lowest BCUT2D eigenvalue weighted by Crippen LogP contribution is -2.43. The first-order valence-electron chi connectivity index (χ1n) is 7.48. The largest absolute Gasteiger partial charge is 0.487 e. The van der Waals surface area contributed by atoms with E-state index in [1.54, 1.807) is 0 Å². The Hall–Kier alpha value is -0.540. The molecule has 2 nitrogen and oxygen atoms in total. The summed E-state index contributed by atoms with van der Waals surface area (Å²) >= 11 is 3.46. The second kappa shape index (κ2) is 6.07. The summed E-state index contributed by atoms with van der Waals surface area (Å²) in [5.41, 5.74) is 0.672. The fraction of sp³-hybridized carbons (Fsp3) is 0.647. The summed E-state index contributed by atoms with van der Waals surface area (Å²) in [6.07, 6.45) is 2.22. The van der Waals surface area contributed by atoms with Crippen LogP contribution in [0, 0.1) is 11.8 Å². The number of halogens is 1. The van der Waals surface area contributed by atoms with Gasteiger partial charge in [0.15, 0.2) is 0 Å². The quantitative estimate of drug-likeness (QED) is 0.826. The molecule has 1 aromatic rings. The molecule has 0 amide bonds. The van der Waals surface area contributed by atoms with E-state index >= 15 is 0 Å². The van der Waals surface area contributed by atoms with E-state index in [9.17, 15) is 5.11 Å². The zero-order valence-electron chi connectivity index (χ0n) is 12.8. The van der Waals surface area contributed by atoms with Gasteiger partial charge in [0.1, 0.15) is 11.4 Å². The minimum atomic E-state index is -0.436. The molecular formula is C17H25BrO2. The minimum absolute atomic E-state index is 0.234. The molecule has 1 heterocycles. The van der Waals surface area contributed by atoms with Crippen LogP contribution in [0.1, 0.15) is 58.6 Å². The SMILES string of the molecule is CC(C)CC1(CC(C)C)C[C@H](O)c2cc(Br)ccc2O1. The molecule has 0 fully saturated rings. The Morgan fingerprint density at radius 2 is 1.85 bits per heavy atom. The van der Waals surface area contributed by atoms with Crippen LogP contribution in [0.25, 0.3) is 0 Å². The molecule has 0 aliphatic carbocycles. The smallest absolute Gasteiger partial charge is 0.126 e. The van der Waals surface area contributed by atoms with Gasteiger partial charge < -0.3 is 9.84 Å². The molecule has 1 aliphatic heterocycles. The van der Waals surface area contributed by atoms with Crippen molar-refractivity contribution in [2.45, 2.75) is 58.7 Å². The molecule has 1 N–H and O–H groups in total. The number of ether oxygens (including phenoxy) is 1. The number of benzene rings is 1. The number of rotatable bonds is 4. The highest BCUT2D eigenvalue weighted by molar-refractivity contribution is 9.10. The van der Waals surface area contributed by atoms with Gasteiger partial charge in [-0.25, -0.2) is 0 Å². The van der Waals surface area contributed by atoms with Crippen molar-refractivity contribution in [3.63, 3.8) is 0 Å². The van der Waals surface area contributed by atoms with E-state index < -0.39 is 6.10 Å². The molecule has 0 radical (unpaired) electrons. The third-order valence-corrected chi connectivity index (χ3v) is 4.28. The van der Waals surface area contributed by atoms with E-state index in [4.69, 9.17) is 4.74 Å². The van der Waals surface area contributed by atoms with Crippen molar-refractivity contribution < 1.29 is 9.84 Å². The number of hydrogen-bond donors (Lipinski definition) is 1. The molecule has 1 atom stereocenters. The van der Waals surface area contributed by atoms with E-state index in [1.807, 2.05) is 18.2 Å². The molecule has 1 aromatic carbocycles. The van der Waals surface area contributed by atoms with Crippen molar-refractivity contribution in [2.75, 3.05) is 0 Å². The zero-order valence-corrected chi connectivity index (χ0v) is 14.4. The van der Waals surface area contributed by atoms with Crippen LogP contribution in [-0.4, -0.2) is 10.7 Å². The molecule has 0 aromatic heterocycles. The Kier molecular flexibility index (Phi) is 4.80. The van der Waals surface area contributed by atoms with Crippen molar-refractivity contribution in [2.24, 2.45) is 11.8 Å². The second-order valence-corrected chi connectivity index (χ2v) is 7.80. The van der Waals surface area contributed by atoms with E-state index in [1.165, 1.54) is 0 Å². The van der Waals surface area contributed by atoms with Crippen molar-refractivity contribution in [3.8, 4) is 5.75 Å². The maximum atomic E-state index is 10.5. The summed E-state index contributed by atoms with van der Waals surface area (Å²) in [6.45, 7) is 8.87. The van der Waals surface area contributed by atoms with Gasteiger partial charge in [-0.15, -0.1) is 0 Å². The van der Waals surface area contributed by atoms with E-state index in [-0.39, 0.29) is 5.60 Å². The Balaban J connectivity index is 2.34. The van der Waals surface area contributed by atoms with Crippen LogP contribution in [0.4, 0.5) is 0 Å². The normalized spacial score (nSPS) is 20.9. The summed E-state index contributed by atoms with van der Waals surface area (Å²) in [4.78, 5) is 0. The molecule has 2 rings (SSSR count). The summed E-state index contributed by atoms with van der Waals surface area (Å²) in [6, 6.07) is 5.91. The topological polar surface area (TPSA) is 29.5 Å². The monoisotopic (exact) mass is 340 g/mol. The molecule has 0 unspecified atom stereocenters. The summed E-state index contributed by atoms with van der Waals surface area (Å²) in [7, 11) is 0. The Bertz CT molecular complexity index is 458. The molecule has 0 saturated heterocycles. The van der Waals surface area contributed by atoms with Gasteiger partial charge in [0.2, 0.25) is 0 Å². The van der Waals surface area contributed by atoms with Gasteiger partial charge in [0.05, 0.1) is 6.10 Å². The van der Waals surface area contributed by atoms with Crippen LogP contribution in [0.3, 0.4) is 0 Å². The van der Waals surface area contributed by atoms with Crippen molar-refractivity contribution in [3.05, 3.63) is 28.2 Å². The minimum Gasteiger partial charge on any atom is -0.487 e. The van der Waals surface area contributed by atoms with Crippen LogP contribution in [0.5, 0.6) is 5.75 Å². The maximum absolute atomic E-state index is 10.5. The van der Waals surface area contributed by atoms with Gasteiger partial charge in [-0.3, -0.25) is 0 Å². The highest BCUT2D eigenvalue weighted by Gasteiger charge is 2.41. The molecule has 112 valence electrons. The standard InChI is InChI=1S/C17H25BrO2/c1-11(2)8-17(9-12(3)4)10-15(19)14-7-13(18)5-6-16(14)20-17/h5-7,11-12,15,19H,8-10H2,1-4H3/t15-/m0/s1. The molecule has 3 heteroatoms. The third-order valence-electron chi connectivity index (χ3n) is 3.78. The number of fused-ring (bicyclic) bond motifs is 1. The van der Waals surface area contributed by atoms with Crippen LogP contribution in [0.15, 0.2) is 22.7 Å². The molecule has 0 saturated carbocycles. The maximum Gasteiger partial charge on any atom is 0.126 e. The summed E-state index contributed by atoms with van der Waals surface area (Å²) in [5, 5.41) is 10.5. The second-order valence-electron chi connectivity index (χ2n) is 6.88. The van der Waals surface area contributed by atoms with Crippen LogP contribution in [0.2, 0.25) is 0 Å². The van der Waals surface area contributed by atoms with Gasteiger partial charge in [0.25, 0.3) is 0 Å². The molecule has 0 spiro atoms. The van der Waals surface area contributed by atoms with Crippen molar-refractivity contribution in [1.82, 2.24) is 0 Å². The third kappa shape index (κ3) is 3.56. The average Bonchev–Trinajstić information content (AvgIpc) is 2.28. The molecular weight excluding hydrogens is 316 g/mol. The molecule has 20 heavy (non-hydrogen) atoms. The summed E-state index contributed by atoms with van der Waals surface area (Å²) in [5.74, 6) is 1.95. The lowest BCUT2D eigenvalue weighted by molar-refractivity contribution is -0.0407. The highest BCUT2D eigenvalue weighted by atomic mass is 79.9. The van der Waals surface area contributed by atoms with Gasteiger partial charge in [-0.2, -0.15) is 0 Å². The predicted molar refractivity (Wildman–Crippen MR) is 86.0 cm³/mol. The van der Waals surface area contributed by atoms with Crippen LogP contribution >= 0.6 is 15.9 Å². The highest BCUT2D eigenvalue weighted by Crippen LogP contribution is 2.45. The Morgan fingerprint density at radius 1 is 1.25 bits per heavy atom. The number of hydrogen-bond acceptors (Lipinski definition) is 2. The van der Waals surface area contributed by atoms with E-state index in [0.717, 1.165) is 28.6 Å². The van der Waals surface area contributed by atoms with Gasteiger partial charge in [-0.05, 0) is 42.9 Å². The molecule has 0 bridgehead atoms. The van der Waals surface area contributed by atoms with Crippen molar-refractivity contribution >= 4 is 15.9 Å². The van der Waals surface area contributed by atoms with Crippen LogP contribution in [-0.2, 0) is 0 Å². The lowest BCUT2D eigenvalue weighted by atomic mass is 9.78. The predicted octanol–water partition coefficient (Wildman–Crippen LogP) is 5.10.